The van der Waals surface area contributed by atoms with E-state index in [1.807, 2.05) is 25.1 Å². The molecule has 1 amide bonds. The van der Waals surface area contributed by atoms with Gasteiger partial charge in [-0.2, -0.15) is 0 Å². The minimum absolute atomic E-state index is 0.0381. The number of rotatable bonds is 9. The summed E-state index contributed by atoms with van der Waals surface area (Å²) in [6, 6.07) is 12.8. The molecule has 6 nitrogen and oxygen atoms in total. The zero-order chi connectivity index (χ0) is 25.1. The first kappa shape index (κ1) is 24.8. The number of ketones is 1. The van der Waals surface area contributed by atoms with E-state index in [2.05, 4.69) is 10.2 Å². The molecule has 0 atom stereocenters. The third-order valence-corrected chi connectivity index (χ3v) is 7.59. The van der Waals surface area contributed by atoms with Crippen LogP contribution in [0.1, 0.15) is 66.2 Å². The Morgan fingerprint density at radius 1 is 1.08 bits per heavy atom. The Morgan fingerprint density at radius 2 is 1.83 bits per heavy atom. The van der Waals surface area contributed by atoms with E-state index in [0.717, 1.165) is 63.7 Å². The standard InChI is InChI=1S/C29H33ClN2O4/c1-19(20-7-8-20)28-27(33)26-24(5-4-6-25(26)36-28)35-18-3-2-15-32-16-13-23(14-17-32)31-29(34)21-9-11-22(30)12-10-21/h4-6,9-12,20,23H,2-3,7-8,13-18H2,1H3,(H,31,34). The van der Waals surface area contributed by atoms with Crippen LogP contribution >= 0.6 is 11.6 Å². The Balaban J connectivity index is 1.02. The smallest absolute Gasteiger partial charge is 0.251 e. The fourth-order valence-electron chi connectivity index (χ4n) is 4.96. The molecule has 190 valence electrons. The molecule has 1 saturated heterocycles. The van der Waals surface area contributed by atoms with Crippen LogP contribution in [0.5, 0.6) is 11.5 Å². The number of nitrogens with one attached hydrogen (secondary N) is 1. The number of hydrogen-bond acceptors (Lipinski definition) is 5. The van der Waals surface area contributed by atoms with Gasteiger partial charge in [0.15, 0.2) is 5.76 Å². The molecule has 1 saturated carbocycles. The Bertz CT molecular complexity index is 1150. The molecule has 1 N–H and O–H groups in total. The lowest BCUT2D eigenvalue weighted by Gasteiger charge is -2.32. The highest BCUT2D eigenvalue weighted by Crippen LogP contribution is 2.43. The van der Waals surface area contributed by atoms with Gasteiger partial charge in [-0.05, 0) is 99.9 Å². The molecule has 3 aliphatic rings. The summed E-state index contributed by atoms with van der Waals surface area (Å²) in [6.07, 6.45) is 6.11. The van der Waals surface area contributed by atoms with E-state index in [1.165, 1.54) is 0 Å². The number of piperidine rings is 1. The molecule has 2 aromatic carbocycles. The number of allylic oxidation sites excluding steroid dienone is 2. The number of carbonyl (C=O) groups excluding carboxylic acids is 2. The monoisotopic (exact) mass is 508 g/mol. The molecule has 36 heavy (non-hydrogen) atoms. The number of nitrogens with zero attached hydrogens (tertiary/aromatic N) is 1. The van der Waals surface area contributed by atoms with Crippen molar-refractivity contribution in [2.24, 2.45) is 5.92 Å². The fourth-order valence-corrected chi connectivity index (χ4v) is 5.09. The molecule has 0 bridgehead atoms. The second kappa shape index (κ2) is 11.1. The minimum atomic E-state index is -0.0453. The summed E-state index contributed by atoms with van der Waals surface area (Å²) in [5.41, 5.74) is 2.27. The van der Waals surface area contributed by atoms with Crippen molar-refractivity contribution in [2.45, 2.75) is 51.5 Å². The van der Waals surface area contributed by atoms with Crippen LogP contribution in [0, 0.1) is 5.92 Å². The highest BCUT2D eigenvalue weighted by molar-refractivity contribution is 6.30. The Labute approximate surface area is 217 Å². The summed E-state index contributed by atoms with van der Waals surface area (Å²) in [5, 5.41) is 3.77. The van der Waals surface area contributed by atoms with Gasteiger partial charge < -0.3 is 19.7 Å². The van der Waals surface area contributed by atoms with Gasteiger partial charge in [0.2, 0.25) is 5.78 Å². The number of unbranched alkanes of at least 4 members (excludes halogenated alkanes) is 1. The average Bonchev–Trinajstić information content (AvgIpc) is 3.68. The predicted octanol–water partition coefficient (Wildman–Crippen LogP) is 5.65. The lowest BCUT2D eigenvalue weighted by atomic mass is 10.0. The molecular formula is C29H33ClN2O4. The van der Waals surface area contributed by atoms with E-state index in [0.29, 0.717) is 45.9 Å². The van der Waals surface area contributed by atoms with Gasteiger partial charge in [-0.1, -0.05) is 17.7 Å². The first-order chi connectivity index (χ1) is 17.5. The van der Waals surface area contributed by atoms with Crippen LogP contribution in [0.3, 0.4) is 0 Å². The zero-order valence-corrected chi connectivity index (χ0v) is 21.5. The maximum atomic E-state index is 13.0. The number of fused-ring (bicyclic) bond motifs is 1. The van der Waals surface area contributed by atoms with E-state index < -0.39 is 0 Å². The van der Waals surface area contributed by atoms with Crippen molar-refractivity contribution in [3.05, 3.63) is 69.9 Å². The van der Waals surface area contributed by atoms with Gasteiger partial charge in [-0.25, -0.2) is 0 Å². The molecule has 1 aliphatic carbocycles. The highest BCUT2D eigenvalue weighted by atomic mass is 35.5. The fraction of sp³-hybridized carbons (Fsp3) is 0.448. The third-order valence-electron chi connectivity index (χ3n) is 7.34. The quantitative estimate of drug-likeness (QED) is 0.350. The van der Waals surface area contributed by atoms with Crippen LogP contribution in [-0.2, 0) is 0 Å². The second-order valence-electron chi connectivity index (χ2n) is 10.00. The van der Waals surface area contributed by atoms with Crippen LogP contribution in [0.2, 0.25) is 5.02 Å². The van der Waals surface area contributed by atoms with Gasteiger partial charge in [0, 0.05) is 29.7 Å². The second-order valence-corrected chi connectivity index (χ2v) is 10.4. The third kappa shape index (κ3) is 5.76. The molecule has 5 rings (SSSR count). The van der Waals surface area contributed by atoms with Crippen LogP contribution in [-0.4, -0.2) is 48.9 Å². The summed E-state index contributed by atoms with van der Waals surface area (Å²) < 4.78 is 11.9. The molecule has 2 fully saturated rings. The summed E-state index contributed by atoms with van der Waals surface area (Å²) >= 11 is 5.91. The van der Waals surface area contributed by atoms with Crippen LogP contribution in [0.25, 0.3) is 0 Å². The maximum absolute atomic E-state index is 13.0. The molecule has 2 heterocycles. The zero-order valence-electron chi connectivity index (χ0n) is 20.7. The number of hydrogen-bond donors (Lipinski definition) is 1. The molecule has 2 aromatic rings. The Morgan fingerprint density at radius 3 is 2.56 bits per heavy atom. The van der Waals surface area contributed by atoms with Gasteiger partial charge in [-0.3, -0.25) is 9.59 Å². The highest BCUT2D eigenvalue weighted by Gasteiger charge is 2.36. The van der Waals surface area contributed by atoms with Gasteiger partial charge in [0.25, 0.3) is 5.91 Å². The number of ether oxygens (including phenoxy) is 2. The van der Waals surface area contributed by atoms with Crippen molar-refractivity contribution in [3.63, 3.8) is 0 Å². The molecule has 7 heteroatoms. The van der Waals surface area contributed by atoms with Crippen molar-refractivity contribution in [3.8, 4) is 11.5 Å². The normalized spacial score (nSPS) is 19.6. The van der Waals surface area contributed by atoms with Gasteiger partial charge >= 0.3 is 0 Å². The van der Waals surface area contributed by atoms with Gasteiger partial charge in [0.1, 0.15) is 17.1 Å². The summed E-state index contributed by atoms with van der Waals surface area (Å²) in [6.45, 7) is 5.52. The average molecular weight is 509 g/mol. The van der Waals surface area contributed by atoms with Crippen LogP contribution < -0.4 is 14.8 Å². The molecule has 0 radical (unpaired) electrons. The van der Waals surface area contributed by atoms with E-state index >= 15 is 0 Å². The predicted molar refractivity (Wildman–Crippen MR) is 140 cm³/mol. The van der Waals surface area contributed by atoms with Crippen molar-refractivity contribution in [1.29, 1.82) is 0 Å². The molecule has 0 aromatic heterocycles. The molecular weight excluding hydrogens is 476 g/mol. The van der Waals surface area contributed by atoms with E-state index in [9.17, 15) is 9.59 Å². The summed E-state index contributed by atoms with van der Waals surface area (Å²) in [7, 11) is 0. The molecule has 0 spiro atoms. The lowest BCUT2D eigenvalue weighted by Crippen LogP contribution is -2.44. The SMILES string of the molecule is CC(=C1Oc2cccc(OCCCCN3CCC(NC(=O)c4ccc(Cl)cc4)CC3)c2C1=O)C1CC1. The first-order valence-corrected chi connectivity index (χ1v) is 13.4. The van der Waals surface area contributed by atoms with Crippen molar-refractivity contribution < 1.29 is 19.1 Å². The van der Waals surface area contributed by atoms with Crippen LogP contribution in [0.15, 0.2) is 53.8 Å². The topological polar surface area (TPSA) is 67.9 Å². The van der Waals surface area contributed by atoms with Gasteiger partial charge in [0.05, 0.1) is 6.61 Å². The maximum Gasteiger partial charge on any atom is 0.251 e. The van der Waals surface area contributed by atoms with Crippen molar-refractivity contribution in [1.82, 2.24) is 10.2 Å². The minimum Gasteiger partial charge on any atom is -0.493 e. The number of carbonyl (C=O) groups is 2. The summed E-state index contributed by atoms with van der Waals surface area (Å²) in [4.78, 5) is 27.8. The number of Topliss-reactive ketones (excluding diaryl/α,β-unsaturated/α-hetero) is 1. The largest absolute Gasteiger partial charge is 0.493 e. The lowest BCUT2D eigenvalue weighted by molar-refractivity contribution is 0.0909. The number of benzene rings is 2. The molecule has 2 aliphatic heterocycles. The van der Waals surface area contributed by atoms with E-state index in [1.54, 1.807) is 24.3 Å². The first-order valence-electron chi connectivity index (χ1n) is 13.0. The van der Waals surface area contributed by atoms with Crippen molar-refractivity contribution in [2.75, 3.05) is 26.2 Å². The van der Waals surface area contributed by atoms with Gasteiger partial charge in [-0.15, -0.1) is 0 Å². The van der Waals surface area contributed by atoms with E-state index in [4.69, 9.17) is 21.1 Å². The number of halogens is 1. The van der Waals surface area contributed by atoms with Crippen molar-refractivity contribution >= 4 is 23.3 Å². The Hall–Kier alpha value is -2.83. The van der Waals surface area contributed by atoms with E-state index in [-0.39, 0.29) is 17.7 Å². The van der Waals surface area contributed by atoms with Crippen LogP contribution in [0.4, 0.5) is 0 Å². The summed E-state index contributed by atoms with van der Waals surface area (Å²) in [5.74, 6) is 2.13. The number of likely N-dealkylation sites (tertiary alicyclic amines) is 1. The number of amides is 1. The molecule has 0 unspecified atom stereocenters. The Kier molecular flexibility index (Phi) is 7.63.